The lowest BCUT2D eigenvalue weighted by atomic mass is 10.0. The second-order valence-electron chi connectivity index (χ2n) is 7.41. The van der Waals surface area contributed by atoms with Crippen molar-refractivity contribution >= 4 is 34.8 Å². The summed E-state index contributed by atoms with van der Waals surface area (Å²) in [5, 5.41) is 8.55. The molecular formula is C23H27N3O3. The molecule has 152 valence electrons. The van der Waals surface area contributed by atoms with Crippen LogP contribution in [0.15, 0.2) is 42.5 Å². The highest BCUT2D eigenvalue weighted by Gasteiger charge is 2.56. The number of aryl methyl sites for hydroxylation is 2. The molecule has 0 radical (unpaired) electrons. The second kappa shape index (κ2) is 8.47. The van der Waals surface area contributed by atoms with Crippen molar-refractivity contribution in [2.24, 2.45) is 5.41 Å². The monoisotopic (exact) mass is 393 g/mol. The lowest BCUT2D eigenvalue weighted by Gasteiger charge is -2.19. The minimum absolute atomic E-state index is 0.187. The molecule has 0 bridgehead atoms. The van der Waals surface area contributed by atoms with Crippen molar-refractivity contribution in [3.8, 4) is 0 Å². The summed E-state index contributed by atoms with van der Waals surface area (Å²) in [5.74, 6) is -0.765. The molecule has 2 aromatic carbocycles. The van der Waals surface area contributed by atoms with Crippen molar-refractivity contribution in [2.75, 3.05) is 16.0 Å². The van der Waals surface area contributed by atoms with Gasteiger partial charge in [-0.05, 0) is 55.0 Å². The lowest BCUT2D eigenvalue weighted by Crippen LogP contribution is -2.36. The maximum atomic E-state index is 13.0. The number of benzene rings is 2. The number of carbonyl (C=O) groups is 3. The molecule has 3 N–H and O–H groups in total. The molecule has 6 heteroatoms. The summed E-state index contributed by atoms with van der Waals surface area (Å²) >= 11 is 0. The first kappa shape index (κ1) is 20.6. The zero-order valence-corrected chi connectivity index (χ0v) is 17.1. The van der Waals surface area contributed by atoms with Gasteiger partial charge in [-0.1, -0.05) is 38.1 Å². The minimum Gasteiger partial charge on any atom is -0.326 e. The number of amides is 3. The summed E-state index contributed by atoms with van der Waals surface area (Å²) in [5.41, 5.74) is 3.05. The van der Waals surface area contributed by atoms with Crippen molar-refractivity contribution < 1.29 is 14.4 Å². The SMILES string of the molecule is CCc1cccc(CC)c1NC(=O)C1(C(=O)Nc2cccc(NC(C)=O)c2)CC1. The van der Waals surface area contributed by atoms with E-state index in [1.165, 1.54) is 6.92 Å². The molecule has 0 aromatic heterocycles. The Hall–Kier alpha value is -3.15. The van der Waals surface area contributed by atoms with Gasteiger partial charge in [-0.3, -0.25) is 14.4 Å². The molecule has 0 aliphatic heterocycles. The number of hydrogen-bond acceptors (Lipinski definition) is 3. The summed E-state index contributed by atoms with van der Waals surface area (Å²) in [6.45, 7) is 5.52. The van der Waals surface area contributed by atoms with Gasteiger partial charge in [0.2, 0.25) is 17.7 Å². The summed E-state index contributed by atoms with van der Waals surface area (Å²) < 4.78 is 0. The smallest absolute Gasteiger partial charge is 0.240 e. The largest absolute Gasteiger partial charge is 0.326 e. The first-order chi connectivity index (χ1) is 13.9. The maximum Gasteiger partial charge on any atom is 0.240 e. The standard InChI is InChI=1S/C23H27N3O3/c1-4-16-8-6-9-17(5-2)20(16)26-22(29)23(12-13-23)21(28)25-19-11-7-10-18(14-19)24-15(3)27/h6-11,14H,4-5,12-13H2,1-3H3,(H,24,27)(H,25,28)(H,26,29). The third-order valence-electron chi connectivity index (χ3n) is 5.30. The van der Waals surface area contributed by atoms with Gasteiger partial charge in [-0.2, -0.15) is 0 Å². The van der Waals surface area contributed by atoms with Crippen LogP contribution in [-0.4, -0.2) is 17.7 Å². The van der Waals surface area contributed by atoms with Gasteiger partial charge in [0.25, 0.3) is 0 Å². The minimum atomic E-state index is -1.05. The number of para-hydroxylation sites is 1. The van der Waals surface area contributed by atoms with Gasteiger partial charge < -0.3 is 16.0 Å². The van der Waals surface area contributed by atoms with Crippen molar-refractivity contribution in [1.29, 1.82) is 0 Å². The highest BCUT2D eigenvalue weighted by molar-refractivity contribution is 6.17. The Morgan fingerprint density at radius 2 is 1.34 bits per heavy atom. The van der Waals surface area contributed by atoms with Gasteiger partial charge in [-0.25, -0.2) is 0 Å². The van der Waals surface area contributed by atoms with Gasteiger partial charge in [0.05, 0.1) is 0 Å². The fourth-order valence-electron chi connectivity index (χ4n) is 3.45. The number of nitrogens with one attached hydrogen (secondary N) is 3. The summed E-state index contributed by atoms with van der Waals surface area (Å²) in [6.07, 6.45) is 2.65. The lowest BCUT2D eigenvalue weighted by molar-refractivity contribution is -0.131. The predicted octanol–water partition coefficient (Wildman–Crippen LogP) is 4.13. The van der Waals surface area contributed by atoms with Crippen LogP contribution in [0.1, 0.15) is 44.7 Å². The summed E-state index contributed by atoms with van der Waals surface area (Å²) in [6, 6.07) is 12.9. The van der Waals surface area contributed by atoms with Crippen molar-refractivity contribution in [1.82, 2.24) is 0 Å². The molecule has 3 amide bonds. The van der Waals surface area contributed by atoms with Crippen LogP contribution >= 0.6 is 0 Å². The molecule has 1 fully saturated rings. The third-order valence-corrected chi connectivity index (χ3v) is 5.30. The first-order valence-corrected chi connectivity index (χ1v) is 10.0. The molecule has 0 unspecified atom stereocenters. The molecule has 29 heavy (non-hydrogen) atoms. The molecule has 0 spiro atoms. The van der Waals surface area contributed by atoms with Gasteiger partial charge in [0.1, 0.15) is 5.41 Å². The Morgan fingerprint density at radius 3 is 1.86 bits per heavy atom. The average Bonchev–Trinajstić information content (AvgIpc) is 3.50. The highest BCUT2D eigenvalue weighted by Crippen LogP contribution is 2.48. The Kier molecular flexibility index (Phi) is 6.01. The van der Waals surface area contributed by atoms with Gasteiger partial charge in [0.15, 0.2) is 0 Å². The third kappa shape index (κ3) is 4.47. The van der Waals surface area contributed by atoms with Crippen LogP contribution in [0, 0.1) is 5.41 Å². The molecule has 0 heterocycles. The number of anilines is 3. The number of carbonyl (C=O) groups excluding carboxylic acids is 3. The normalized spacial score (nSPS) is 14.0. The zero-order valence-electron chi connectivity index (χ0n) is 17.1. The van der Waals surface area contributed by atoms with Crippen LogP contribution in [0.4, 0.5) is 17.1 Å². The van der Waals surface area contributed by atoms with E-state index in [0.717, 1.165) is 29.7 Å². The molecule has 6 nitrogen and oxygen atoms in total. The van der Waals surface area contributed by atoms with E-state index < -0.39 is 5.41 Å². The van der Waals surface area contributed by atoms with E-state index in [4.69, 9.17) is 0 Å². The van der Waals surface area contributed by atoms with Crippen LogP contribution in [-0.2, 0) is 27.2 Å². The van der Waals surface area contributed by atoms with Crippen LogP contribution < -0.4 is 16.0 Å². The number of hydrogen-bond donors (Lipinski definition) is 3. The van der Waals surface area contributed by atoms with Gasteiger partial charge in [0, 0.05) is 24.0 Å². The van der Waals surface area contributed by atoms with E-state index in [0.29, 0.717) is 24.2 Å². The summed E-state index contributed by atoms with van der Waals surface area (Å²) in [7, 11) is 0. The Balaban J connectivity index is 1.75. The van der Waals surface area contributed by atoms with Crippen LogP contribution in [0.3, 0.4) is 0 Å². The van der Waals surface area contributed by atoms with Crippen molar-refractivity contribution in [3.63, 3.8) is 0 Å². The second-order valence-corrected chi connectivity index (χ2v) is 7.41. The Morgan fingerprint density at radius 1 is 0.828 bits per heavy atom. The van der Waals surface area contributed by atoms with Gasteiger partial charge in [-0.15, -0.1) is 0 Å². The van der Waals surface area contributed by atoms with E-state index in [1.807, 2.05) is 32.0 Å². The van der Waals surface area contributed by atoms with Crippen LogP contribution in [0.5, 0.6) is 0 Å². The highest BCUT2D eigenvalue weighted by atomic mass is 16.2. The van der Waals surface area contributed by atoms with E-state index in [-0.39, 0.29) is 17.7 Å². The van der Waals surface area contributed by atoms with E-state index >= 15 is 0 Å². The fraction of sp³-hybridized carbons (Fsp3) is 0.348. The quantitative estimate of drug-likeness (QED) is 0.618. The molecule has 1 saturated carbocycles. The molecule has 1 aliphatic rings. The average molecular weight is 393 g/mol. The topological polar surface area (TPSA) is 87.3 Å². The Bertz CT molecular complexity index is 926. The predicted molar refractivity (Wildman–Crippen MR) is 115 cm³/mol. The van der Waals surface area contributed by atoms with Crippen LogP contribution in [0.2, 0.25) is 0 Å². The van der Waals surface area contributed by atoms with Crippen molar-refractivity contribution in [2.45, 2.75) is 46.5 Å². The van der Waals surface area contributed by atoms with Gasteiger partial charge >= 0.3 is 0 Å². The maximum absolute atomic E-state index is 13.0. The molecule has 3 rings (SSSR count). The number of rotatable bonds is 7. The zero-order chi connectivity index (χ0) is 21.0. The molecule has 1 aliphatic carbocycles. The van der Waals surface area contributed by atoms with Crippen molar-refractivity contribution in [3.05, 3.63) is 53.6 Å². The molecular weight excluding hydrogens is 366 g/mol. The Labute approximate surface area is 171 Å². The van der Waals surface area contributed by atoms with Crippen LogP contribution in [0.25, 0.3) is 0 Å². The molecule has 2 aromatic rings. The van der Waals surface area contributed by atoms with E-state index in [1.54, 1.807) is 24.3 Å². The molecule has 0 saturated heterocycles. The first-order valence-electron chi connectivity index (χ1n) is 10.0. The van der Waals surface area contributed by atoms with E-state index in [2.05, 4.69) is 16.0 Å². The fourth-order valence-corrected chi connectivity index (χ4v) is 3.45. The molecule has 0 atom stereocenters. The van der Waals surface area contributed by atoms with E-state index in [9.17, 15) is 14.4 Å². The summed E-state index contributed by atoms with van der Waals surface area (Å²) in [4.78, 5) is 37.2.